The second kappa shape index (κ2) is 3.57. The smallest absolute Gasteiger partial charge is 0.0576 e. The standard InChI is InChI=1S/C14H19NO/c1-15-12-7-8-14(15,10-13(16)9-12)11-5-3-2-4-6-11/h2-6,12-13,16H,7-10H2,1H3. The second-order valence-corrected chi connectivity index (χ2v) is 5.29. The molecule has 0 saturated carbocycles. The average molecular weight is 217 g/mol. The number of hydrogen-bond donors (Lipinski definition) is 1. The summed E-state index contributed by atoms with van der Waals surface area (Å²) in [6.07, 6.45) is 4.14. The van der Waals surface area contributed by atoms with Crippen molar-refractivity contribution in [1.82, 2.24) is 4.90 Å². The van der Waals surface area contributed by atoms with Gasteiger partial charge in [0.15, 0.2) is 0 Å². The van der Waals surface area contributed by atoms with Gasteiger partial charge in [-0.2, -0.15) is 0 Å². The fraction of sp³-hybridized carbons (Fsp3) is 0.571. The number of aliphatic hydroxyl groups is 1. The quantitative estimate of drug-likeness (QED) is 0.779. The van der Waals surface area contributed by atoms with Gasteiger partial charge >= 0.3 is 0 Å². The molecule has 2 aliphatic heterocycles. The van der Waals surface area contributed by atoms with Crippen LogP contribution in [-0.2, 0) is 5.54 Å². The Labute approximate surface area is 96.9 Å². The molecular formula is C14H19NO. The third-order valence-electron chi connectivity index (χ3n) is 4.54. The number of rotatable bonds is 1. The van der Waals surface area contributed by atoms with E-state index in [1.54, 1.807) is 0 Å². The Balaban J connectivity index is 2.03. The zero-order valence-corrected chi connectivity index (χ0v) is 9.76. The lowest BCUT2D eigenvalue weighted by Crippen LogP contribution is -2.49. The maximum atomic E-state index is 10.0. The molecule has 2 heterocycles. The van der Waals surface area contributed by atoms with Gasteiger partial charge in [-0.1, -0.05) is 30.3 Å². The summed E-state index contributed by atoms with van der Waals surface area (Å²) in [5.74, 6) is 0. The van der Waals surface area contributed by atoms with Gasteiger partial charge in [-0.25, -0.2) is 0 Å². The van der Waals surface area contributed by atoms with E-state index in [1.165, 1.54) is 18.4 Å². The van der Waals surface area contributed by atoms with Crippen LogP contribution in [0.1, 0.15) is 31.2 Å². The highest BCUT2D eigenvalue weighted by molar-refractivity contribution is 5.28. The first-order chi connectivity index (χ1) is 7.72. The third kappa shape index (κ3) is 1.33. The topological polar surface area (TPSA) is 23.5 Å². The minimum Gasteiger partial charge on any atom is -0.393 e. The van der Waals surface area contributed by atoms with Crippen molar-refractivity contribution in [2.24, 2.45) is 0 Å². The number of piperidine rings is 1. The molecule has 3 unspecified atom stereocenters. The Morgan fingerprint density at radius 1 is 1.31 bits per heavy atom. The van der Waals surface area contributed by atoms with Crippen LogP contribution < -0.4 is 0 Å². The van der Waals surface area contributed by atoms with E-state index >= 15 is 0 Å². The molecule has 2 bridgehead atoms. The average Bonchev–Trinajstić information content (AvgIpc) is 2.51. The van der Waals surface area contributed by atoms with Crippen molar-refractivity contribution in [2.45, 2.75) is 43.4 Å². The van der Waals surface area contributed by atoms with Gasteiger partial charge in [0.25, 0.3) is 0 Å². The Morgan fingerprint density at radius 2 is 2.06 bits per heavy atom. The number of aliphatic hydroxyl groups excluding tert-OH is 1. The molecule has 0 aliphatic carbocycles. The van der Waals surface area contributed by atoms with Crippen molar-refractivity contribution in [2.75, 3.05) is 7.05 Å². The molecule has 3 rings (SSSR count). The molecule has 1 aromatic rings. The predicted octanol–water partition coefficient (Wildman–Crippen LogP) is 2.13. The van der Waals surface area contributed by atoms with Gasteiger partial charge < -0.3 is 5.11 Å². The molecule has 3 atom stereocenters. The summed E-state index contributed by atoms with van der Waals surface area (Å²) in [5.41, 5.74) is 1.47. The van der Waals surface area contributed by atoms with Gasteiger partial charge in [-0.05, 0) is 38.3 Å². The zero-order valence-electron chi connectivity index (χ0n) is 9.76. The summed E-state index contributed by atoms with van der Waals surface area (Å²) < 4.78 is 0. The van der Waals surface area contributed by atoms with E-state index in [-0.39, 0.29) is 11.6 Å². The van der Waals surface area contributed by atoms with Crippen LogP contribution in [0.4, 0.5) is 0 Å². The van der Waals surface area contributed by atoms with Crippen molar-refractivity contribution in [3.05, 3.63) is 35.9 Å². The fourth-order valence-corrected chi connectivity index (χ4v) is 3.65. The lowest BCUT2D eigenvalue weighted by molar-refractivity contribution is -0.00625. The first-order valence-electron chi connectivity index (χ1n) is 6.19. The summed E-state index contributed by atoms with van der Waals surface area (Å²) in [4.78, 5) is 2.50. The third-order valence-corrected chi connectivity index (χ3v) is 4.54. The Hall–Kier alpha value is -0.860. The van der Waals surface area contributed by atoms with Gasteiger partial charge in [0.05, 0.1) is 6.10 Å². The fourth-order valence-electron chi connectivity index (χ4n) is 3.65. The van der Waals surface area contributed by atoms with E-state index in [2.05, 4.69) is 42.3 Å². The van der Waals surface area contributed by atoms with Crippen molar-refractivity contribution in [3.63, 3.8) is 0 Å². The van der Waals surface area contributed by atoms with Crippen LogP contribution in [0.15, 0.2) is 30.3 Å². The van der Waals surface area contributed by atoms with Crippen molar-refractivity contribution >= 4 is 0 Å². The van der Waals surface area contributed by atoms with Crippen molar-refractivity contribution < 1.29 is 5.11 Å². The van der Waals surface area contributed by atoms with Crippen molar-refractivity contribution in [1.29, 1.82) is 0 Å². The van der Waals surface area contributed by atoms with Crippen LogP contribution in [-0.4, -0.2) is 29.2 Å². The highest BCUT2D eigenvalue weighted by Crippen LogP contribution is 2.49. The van der Waals surface area contributed by atoms with Gasteiger partial charge in [0.1, 0.15) is 0 Å². The first-order valence-corrected chi connectivity index (χ1v) is 6.19. The zero-order chi connectivity index (χ0) is 11.2. The SMILES string of the molecule is CN1C2CCC1(c1ccccc1)CC(O)C2. The summed E-state index contributed by atoms with van der Waals surface area (Å²) in [6, 6.07) is 11.3. The molecule has 2 aliphatic rings. The van der Waals surface area contributed by atoms with Gasteiger partial charge in [0.2, 0.25) is 0 Å². The lowest BCUT2D eigenvalue weighted by atomic mass is 9.81. The minimum atomic E-state index is -0.121. The molecule has 1 aromatic carbocycles. The Kier molecular flexibility index (Phi) is 2.30. The lowest BCUT2D eigenvalue weighted by Gasteiger charge is -2.45. The molecule has 0 radical (unpaired) electrons. The largest absolute Gasteiger partial charge is 0.393 e. The molecule has 16 heavy (non-hydrogen) atoms. The number of hydrogen-bond acceptors (Lipinski definition) is 2. The summed E-state index contributed by atoms with van der Waals surface area (Å²) in [7, 11) is 2.22. The van der Waals surface area contributed by atoms with E-state index in [4.69, 9.17) is 0 Å². The summed E-state index contributed by atoms with van der Waals surface area (Å²) in [5, 5.41) is 10.0. The normalized spacial score (nSPS) is 38.9. The molecule has 86 valence electrons. The van der Waals surface area contributed by atoms with E-state index < -0.39 is 0 Å². The van der Waals surface area contributed by atoms with Crippen LogP contribution >= 0.6 is 0 Å². The van der Waals surface area contributed by atoms with E-state index in [1.807, 2.05) is 0 Å². The highest BCUT2D eigenvalue weighted by atomic mass is 16.3. The molecule has 1 N–H and O–H groups in total. The number of fused-ring (bicyclic) bond motifs is 2. The van der Waals surface area contributed by atoms with E-state index in [0.717, 1.165) is 12.8 Å². The van der Waals surface area contributed by atoms with Crippen LogP contribution in [0.25, 0.3) is 0 Å². The van der Waals surface area contributed by atoms with E-state index in [9.17, 15) is 5.11 Å². The van der Waals surface area contributed by atoms with Crippen LogP contribution in [0, 0.1) is 0 Å². The molecular weight excluding hydrogens is 198 g/mol. The monoisotopic (exact) mass is 217 g/mol. The number of nitrogens with zero attached hydrogens (tertiary/aromatic N) is 1. The molecule has 0 amide bonds. The van der Waals surface area contributed by atoms with Gasteiger partial charge in [0, 0.05) is 11.6 Å². The molecule has 0 aromatic heterocycles. The maximum Gasteiger partial charge on any atom is 0.0576 e. The van der Waals surface area contributed by atoms with Crippen LogP contribution in [0.5, 0.6) is 0 Å². The Bertz CT molecular complexity index is 378. The predicted molar refractivity (Wildman–Crippen MR) is 64.1 cm³/mol. The van der Waals surface area contributed by atoms with Crippen LogP contribution in [0.2, 0.25) is 0 Å². The second-order valence-electron chi connectivity index (χ2n) is 5.29. The Morgan fingerprint density at radius 3 is 2.81 bits per heavy atom. The molecule has 2 saturated heterocycles. The molecule has 2 fully saturated rings. The molecule has 2 nitrogen and oxygen atoms in total. The van der Waals surface area contributed by atoms with Gasteiger partial charge in [-0.3, -0.25) is 4.90 Å². The van der Waals surface area contributed by atoms with Gasteiger partial charge in [-0.15, -0.1) is 0 Å². The van der Waals surface area contributed by atoms with Crippen LogP contribution in [0.3, 0.4) is 0 Å². The molecule has 2 heteroatoms. The minimum absolute atomic E-state index is 0.101. The molecule has 0 spiro atoms. The van der Waals surface area contributed by atoms with E-state index in [0.29, 0.717) is 6.04 Å². The summed E-state index contributed by atoms with van der Waals surface area (Å²) >= 11 is 0. The number of benzene rings is 1. The summed E-state index contributed by atoms with van der Waals surface area (Å²) in [6.45, 7) is 0. The van der Waals surface area contributed by atoms with Crippen molar-refractivity contribution in [3.8, 4) is 0 Å². The first kappa shape index (κ1) is 10.3. The maximum absolute atomic E-state index is 10.0. The highest BCUT2D eigenvalue weighted by Gasteiger charge is 2.50.